The van der Waals surface area contributed by atoms with Crippen LogP contribution in [0, 0.1) is 0 Å². The lowest BCUT2D eigenvalue weighted by molar-refractivity contribution is 0.0331. The monoisotopic (exact) mass is 495 g/mol. The summed E-state index contributed by atoms with van der Waals surface area (Å²) in [5.41, 5.74) is 2.80. The predicted octanol–water partition coefficient (Wildman–Crippen LogP) is 3.08. The zero-order chi connectivity index (χ0) is 24.2. The SMILES string of the molecule is CC(C)c1cc(Cl)cc(C(C)CNS(=O)(=O)c2cc(CN3CCOCC3)n(C)n2)c1N=C=O. The molecule has 1 aromatic carbocycles. The number of aromatic nitrogens is 2. The van der Waals surface area contributed by atoms with E-state index in [1.165, 1.54) is 0 Å². The first kappa shape index (κ1) is 25.6. The van der Waals surface area contributed by atoms with Gasteiger partial charge in [-0.2, -0.15) is 10.1 Å². The van der Waals surface area contributed by atoms with Gasteiger partial charge in [0, 0.05) is 44.3 Å². The molecule has 0 amide bonds. The molecule has 1 atom stereocenters. The number of morpholine rings is 1. The molecule has 1 unspecified atom stereocenters. The van der Waals surface area contributed by atoms with E-state index in [4.69, 9.17) is 16.3 Å². The molecule has 11 heteroatoms. The van der Waals surface area contributed by atoms with Crippen molar-refractivity contribution in [2.45, 2.75) is 44.2 Å². The number of rotatable bonds is 9. The molecule has 1 aromatic heterocycles. The first-order chi connectivity index (χ1) is 15.6. The van der Waals surface area contributed by atoms with Gasteiger partial charge in [0.05, 0.1) is 24.6 Å². The Bertz CT molecular complexity index is 1140. The molecule has 1 fully saturated rings. The van der Waals surface area contributed by atoms with Crippen molar-refractivity contribution in [1.82, 2.24) is 19.4 Å². The molecule has 33 heavy (non-hydrogen) atoms. The maximum atomic E-state index is 12.9. The fourth-order valence-corrected chi connectivity index (χ4v) is 5.17. The molecule has 9 nitrogen and oxygen atoms in total. The highest BCUT2D eigenvalue weighted by Gasteiger charge is 2.24. The van der Waals surface area contributed by atoms with Crippen molar-refractivity contribution in [1.29, 1.82) is 0 Å². The van der Waals surface area contributed by atoms with Gasteiger partial charge in [-0.3, -0.25) is 9.58 Å². The Morgan fingerprint density at radius 3 is 2.52 bits per heavy atom. The van der Waals surface area contributed by atoms with Gasteiger partial charge >= 0.3 is 0 Å². The van der Waals surface area contributed by atoms with E-state index >= 15 is 0 Å². The number of hydrogen-bond donors (Lipinski definition) is 1. The molecule has 0 saturated carbocycles. The number of hydrogen-bond acceptors (Lipinski definition) is 7. The first-order valence-corrected chi connectivity index (χ1v) is 12.7. The zero-order valence-corrected chi connectivity index (χ0v) is 20.9. The summed E-state index contributed by atoms with van der Waals surface area (Å²) in [5, 5.41) is 4.69. The summed E-state index contributed by atoms with van der Waals surface area (Å²) in [7, 11) is -2.10. The van der Waals surface area contributed by atoms with Gasteiger partial charge < -0.3 is 4.74 Å². The lowest BCUT2D eigenvalue weighted by atomic mass is 9.92. The van der Waals surface area contributed by atoms with Crippen molar-refractivity contribution < 1.29 is 17.9 Å². The van der Waals surface area contributed by atoms with Crippen LogP contribution in [0.5, 0.6) is 0 Å². The number of sulfonamides is 1. The molecule has 180 valence electrons. The fraction of sp³-hybridized carbons (Fsp3) is 0.545. The molecule has 2 heterocycles. The maximum absolute atomic E-state index is 12.9. The van der Waals surface area contributed by atoms with E-state index in [0.717, 1.165) is 24.3 Å². The van der Waals surface area contributed by atoms with Gasteiger partial charge in [0.2, 0.25) is 6.08 Å². The van der Waals surface area contributed by atoms with Gasteiger partial charge in [0.25, 0.3) is 10.0 Å². The minimum absolute atomic E-state index is 0.0273. The lowest BCUT2D eigenvalue weighted by Crippen LogP contribution is -2.36. The summed E-state index contributed by atoms with van der Waals surface area (Å²) in [6.07, 6.45) is 1.60. The summed E-state index contributed by atoms with van der Waals surface area (Å²) in [6.45, 7) is 9.43. The van der Waals surface area contributed by atoms with Crippen molar-refractivity contribution in [3.8, 4) is 0 Å². The van der Waals surface area contributed by atoms with Crippen molar-refractivity contribution in [2.75, 3.05) is 32.8 Å². The van der Waals surface area contributed by atoms with Gasteiger partial charge in [0.1, 0.15) is 0 Å². The molecule has 0 radical (unpaired) electrons. The molecule has 1 saturated heterocycles. The molecule has 1 aliphatic rings. The topological polar surface area (TPSA) is 106 Å². The molecule has 2 aromatic rings. The van der Waals surface area contributed by atoms with Crippen molar-refractivity contribution in [3.63, 3.8) is 0 Å². The van der Waals surface area contributed by atoms with Crippen LogP contribution in [0.3, 0.4) is 0 Å². The van der Waals surface area contributed by atoms with E-state index in [1.54, 1.807) is 36.0 Å². The second-order valence-corrected chi connectivity index (χ2v) is 10.7. The molecule has 3 rings (SSSR count). The number of isocyanates is 1. The molecule has 0 spiro atoms. The third kappa shape index (κ3) is 6.29. The minimum Gasteiger partial charge on any atom is -0.379 e. The van der Waals surface area contributed by atoms with E-state index in [-0.39, 0.29) is 23.4 Å². The number of nitrogens with one attached hydrogen (secondary N) is 1. The summed E-state index contributed by atoms with van der Waals surface area (Å²) >= 11 is 6.29. The highest BCUT2D eigenvalue weighted by molar-refractivity contribution is 7.89. The highest BCUT2D eigenvalue weighted by atomic mass is 35.5. The Balaban J connectivity index is 1.77. The van der Waals surface area contributed by atoms with Crippen LogP contribution in [-0.4, -0.2) is 62.0 Å². The standard InChI is InChI=1S/C22H30ClN5O4S/c1-15(2)19-9-17(23)10-20(22(19)24-14-29)16(3)12-25-33(30,31)21-11-18(27(4)26-21)13-28-5-7-32-8-6-28/h9-11,15-16,25H,5-8,12-13H2,1-4H3. The molecular weight excluding hydrogens is 466 g/mol. The van der Waals surface area contributed by atoms with Crippen LogP contribution in [-0.2, 0) is 33.1 Å². The van der Waals surface area contributed by atoms with Crippen LogP contribution >= 0.6 is 11.6 Å². The van der Waals surface area contributed by atoms with Crippen molar-refractivity contribution in [2.24, 2.45) is 12.0 Å². The normalized spacial score (nSPS) is 16.1. The second kappa shape index (κ2) is 10.9. The summed E-state index contributed by atoms with van der Waals surface area (Å²) in [4.78, 5) is 17.1. The average Bonchev–Trinajstić information content (AvgIpc) is 3.15. The number of halogens is 1. The maximum Gasteiger partial charge on any atom is 0.259 e. The van der Waals surface area contributed by atoms with Crippen molar-refractivity contribution in [3.05, 3.63) is 40.0 Å². The fourth-order valence-electron chi connectivity index (χ4n) is 3.80. The average molecular weight is 496 g/mol. The molecule has 0 bridgehead atoms. The van der Waals surface area contributed by atoms with E-state index in [2.05, 4.69) is 19.7 Å². The molecule has 0 aliphatic carbocycles. The Hall–Kier alpha value is -2.07. The third-order valence-electron chi connectivity index (χ3n) is 5.74. The third-order valence-corrected chi connectivity index (χ3v) is 7.26. The number of benzene rings is 1. The number of aryl methyl sites for hydroxylation is 1. The lowest BCUT2D eigenvalue weighted by Gasteiger charge is -2.26. The molecular formula is C22H30ClN5O4S. The Morgan fingerprint density at radius 1 is 1.21 bits per heavy atom. The zero-order valence-electron chi connectivity index (χ0n) is 19.3. The summed E-state index contributed by atoms with van der Waals surface area (Å²) < 4.78 is 35.5. The van der Waals surface area contributed by atoms with Crippen LogP contribution in [0.1, 0.15) is 49.4 Å². The number of ether oxygens (including phenoxy) is 1. The van der Waals surface area contributed by atoms with Gasteiger partial charge in [-0.15, -0.1) is 0 Å². The van der Waals surface area contributed by atoms with Gasteiger partial charge in [-0.25, -0.2) is 17.9 Å². The predicted molar refractivity (Wildman–Crippen MR) is 126 cm³/mol. The second-order valence-electron chi connectivity index (χ2n) is 8.53. The highest BCUT2D eigenvalue weighted by Crippen LogP contribution is 2.37. The number of aliphatic imine (C=N–C) groups is 1. The van der Waals surface area contributed by atoms with Crippen molar-refractivity contribution >= 4 is 33.4 Å². The van der Waals surface area contributed by atoms with E-state index in [1.807, 2.05) is 20.8 Å². The minimum atomic E-state index is -3.83. The first-order valence-electron chi connectivity index (χ1n) is 10.9. The van der Waals surface area contributed by atoms with Gasteiger partial charge in [-0.05, 0) is 35.1 Å². The number of nitrogens with zero attached hydrogens (tertiary/aromatic N) is 4. The summed E-state index contributed by atoms with van der Waals surface area (Å²) in [5.74, 6) is -0.212. The van der Waals surface area contributed by atoms with Gasteiger partial charge in [-0.1, -0.05) is 32.4 Å². The van der Waals surface area contributed by atoms with E-state index in [9.17, 15) is 13.2 Å². The largest absolute Gasteiger partial charge is 0.379 e. The van der Waals surface area contributed by atoms with Crippen LogP contribution in [0.25, 0.3) is 0 Å². The Morgan fingerprint density at radius 2 is 1.88 bits per heavy atom. The van der Waals surface area contributed by atoms with Crippen LogP contribution < -0.4 is 4.72 Å². The van der Waals surface area contributed by atoms with Crippen LogP contribution in [0.2, 0.25) is 5.02 Å². The smallest absolute Gasteiger partial charge is 0.259 e. The summed E-state index contributed by atoms with van der Waals surface area (Å²) in [6, 6.07) is 5.08. The molecule has 1 aliphatic heterocycles. The van der Waals surface area contributed by atoms with Crippen LogP contribution in [0.4, 0.5) is 5.69 Å². The Labute approximate surface area is 199 Å². The van der Waals surface area contributed by atoms with E-state index < -0.39 is 10.0 Å². The quantitative estimate of drug-likeness (QED) is 0.423. The number of carbonyl (C=O) groups excluding carboxylic acids is 1. The van der Waals surface area contributed by atoms with Crippen LogP contribution in [0.15, 0.2) is 28.2 Å². The van der Waals surface area contributed by atoms with E-state index in [0.29, 0.717) is 36.0 Å². The molecule has 1 N–H and O–H groups in total. The van der Waals surface area contributed by atoms with Gasteiger partial charge in [0.15, 0.2) is 5.03 Å². The Kier molecular flexibility index (Phi) is 8.44.